The SMILES string of the molecule is CC(=O)c1cccc(OS(=O)(=O)c2ccc(Cl)cc2[N+](=O)[O-])c1. The Kier molecular flexibility index (Phi) is 4.67. The summed E-state index contributed by atoms with van der Waals surface area (Å²) in [5, 5.41) is 11.0. The summed E-state index contributed by atoms with van der Waals surface area (Å²) in [5.41, 5.74) is -0.441. The maximum Gasteiger partial charge on any atom is 0.346 e. The van der Waals surface area contributed by atoms with E-state index >= 15 is 0 Å². The molecule has 0 fully saturated rings. The number of hydrogen-bond donors (Lipinski definition) is 0. The topological polar surface area (TPSA) is 104 Å². The molecule has 0 spiro atoms. The molecule has 0 aromatic heterocycles. The number of nitro groups is 1. The predicted octanol–water partition coefficient (Wildman–Crippen LogP) is 3.22. The fourth-order valence-corrected chi connectivity index (χ4v) is 3.02. The zero-order valence-corrected chi connectivity index (χ0v) is 13.3. The van der Waals surface area contributed by atoms with Gasteiger partial charge in [0.1, 0.15) is 5.75 Å². The minimum absolute atomic E-state index is 0.0224. The highest BCUT2D eigenvalue weighted by Gasteiger charge is 2.28. The van der Waals surface area contributed by atoms with Gasteiger partial charge in [-0.3, -0.25) is 14.9 Å². The number of carbonyl (C=O) groups excluding carboxylic acids is 1. The van der Waals surface area contributed by atoms with Crippen LogP contribution in [0.1, 0.15) is 17.3 Å². The molecule has 2 aromatic carbocycles. The number of nitro benzene ring substituents is 1. The van der Waals surface area contributed by atoms with Gasteiger partial charge in [0.05, 0.1) is 4.92 Å². The van der Waals surface area contributed by atoms with Crippen molar-refractivity contribution < 1.29 is 22.3 Å². The van der Waals surface area contributed by atoms with Crippen molar-refractivity contribution in [3.05, 3.63) is 63.2 Å². The fourth-order valence-electron chi connectivity index (χ4n) is 1.78. The van der Waals surface area contributed by atoms with Gasteiger partial charge in [-0.2, -0.15) is 8.42 Å². The van der Waals surface area contributed by atoms with Gasteiger partial charge in [0, 0.05) is 16.7 Å². The van der Waals surface area contributed by atoms with E-state index in [4.69, 9.17) is 15.8 Å². The van der Waals surface area contributed by atoms with Gasteiger partial charge in [0.15, 0.2) is 10.7 Å². The highest BCUT2D eigenvalue weighted by molar-refractivity contribution is 7.87. The van der Waals surface area contributed by atoms with E-state index in [-0.39, 0.29) is 22.1 Å². The lowest BCUT2D eigenvalue weighted by molar-refractivity contribution is -0.387. The lowest BCUT2D eigenvalue weighted by atomic mass is 10.1. The van der Waals surface area contributed by atoms with E-state index < -0.39 is 25.6 Å². The van der Waals surface area contributed by atoms with E-state index in [1.165, 1.54) is 37.3 Å². The zero-order valence-electron chi connectivity index (χ0n) is 11.7. The summed E-state index contributed by atoms with van der Waals surface area (Å²) < 4.78 is 29.4. The summed E-state index contributed by atoms with van der Waals surface area (Å²) in [4.78, 5) is 20.8. The molecule has 0 heterocycles. The Bertz CT molecular complexity index is 894. The Morgan fingerprint density at radius 2 is 1.91 bits per heavy atom. The maximum atomic E-state index is 12.3. The molecular weight excluding hydrogens is 346 g/mol. The molecule has 2 rings (SSSR count). The van der Waals surface area contributed by atoms with Crippen molar-refractivity contribution in [1.29, 1.82) is 0 Å². The molecule has 0 radical (unpaired) electrons. The van der Waals surface area contributed by atoms with Crippen molar-refractivity contribution in [1.82, 2.24) is 0 Å². The number of ketones is 1. The van der Waals surface area contributed by atoms with Gasteiger partial charge in [-0.1, -0.05) is 23.7 Å². The number of carbonyl (C=O) groups is 1. The van der Waals surface area contributed by atoms with Crippen LogP contribution in [-0.4, -0.2) is 19.1 Å². The zero-order chi connectivity index (χ0) is 17.2. The molecule has 0 saturated carbocycles. The lowest BCUT2D eigenvalue weighted by Gasteiger charge is -2.08. The molecule has 7 nitrogen and oxygen atoms in total. The molecule has 0 N–H and O–H groups in total. The average molecular weight is 356 g/mol. The fraction of sp³-hybridized carbons (Fsp3) is 0.0714. The van der Waals surface area contributed by atoms with E-state index in [2.05, 4.69) is 0 Å². The molecule has 0 atom stereocenters. The van der Waals surface area contributed by atoms with Crippen molar-refractivity contribution in [3.63, 3.8) is 0 Å². The van der Waals surface area contributed by atoms with Crippen LogP contribution in [0.3, 0.4) is 0 Å². The molecule has 0 unspecified atom stereocenters. The number of rotatable bonds is 5. The Hall–Kier alpha value is -2.45. The Morgan fingerprint density at radius 1 is 1.22 bits per heavy atom. The third-order valence-electron chi connectivity index (χ3n) is 2.83. The van der Waals surface area contributed by atoms with Crippen molar-refractivity contribution >= 4 is 33.2 Å². The second-order valence-corrected chi connectivity index (χ2v) is 6.44. The van der Waals surface area contributed by atoms with Gasteiger partial charge in [0.2, 0.25) is 0 Å². The number of nitrogens with zero attached hydrogens (tertiary/aromatic N) is 1. The smallest absolute Gasteiger partial charge is 0.346 e. The molecule has 2 aromatic rings. The second-order valence-electron chi connectivity index (χ2n) is 4.49. The van der Waals surface area contributed by atoms with Gasteiger partial charge in [0.25, 0.3) is 5.69 Å². The first-order valence-electron chi connectivity index (χ1n) is 6.20. The van der Waals surface area contributed by atoms with Gasteiger partial charge < -0.3 is 4.18 Å². The monoisotopic (exact) mass is 355 g/mol. The summed E-state index contributed by atoms with van der Waals surface area (Å²) in [6, 6.07) is 8.61. The summed E-state index contributed by atoms with van der Waals surface area (Å²) in [5.74, 6) is -0.396. The van der Waals surface area contributed by atoms with Crippen molar-refractivity contribution in [3.8, 4) is 5.75 Å². The van der Waals surface area contributed by atoms with Crippen molar-refractivity contribution in [2.45, 2.75) is 11.8 Å². The van der Waals surface area contributed by atoms with Crippen LogP contribution in [0.5, 0.6) is 5.75 Å². The molecule has 0 saturated heterocycles. The van der Waals surface area contributed by atoms with E-state index in [1.54, 1.807) is 0 Å². The third kappa shape index (κ3) is 3.85. The molecule has 9 heteroatoms. The number of Topliss-reactive ketones (excluding diaryl/α,β-unsaturated/α-hetero) is 1. The van der Waals surface area contributed by atoms with Crippen LogP contribution in [0.15, 0.2) is 47.4 Å². The second kappa shape index (κ2) is 6.35. The highest BCUT2D eigenvalue weighted by atomic mass is 35.5. The summed E-state index contributed by atoms with van der Waals surface area (Å²) in [7, 11) is -4.46. The van der Waals surface area contributed by atoms with Crippen molar-refractivity contribution in [2.75, 3.05) is 0 Å². The summed E-state index contributed by atoms with van der Waals surface area (Å²) >= 11 is 5.65. The van der Waals surface area contributed by atoms with Gasteiger partial charge in [-0.05, 0) is 31.2 Å². The highest BCUT2D eigenvalue weighted by Crippen LogP contribution is 2.29. The molecule has 0 aliphatic rings. The predicted molar refractivity (Wildman–Crippen MR) is 82.4 cm³/mol. The van der Waals surface area contributed by atoms with Crippen molar-refractivity contribution in [2.24, 2.45) is 0 Å². The Labute approximate surface area is 136 Å². The first-order valence-corrected chi connectivity index (χ1v) is 7.99. The van der Waals surface area contributed by atoms with E-state index in [0.717, 1.165) is 12.1 Å². The molecule has 120 valence electrons. The van der Waals surface area contributed by atoms with Crippen LogP contribution in [0.2, 0.25) is 5.02 Å². The lowest BCUT2D eigenvalue weighted by Crippen LogP contribution is -2.12. The number of halogens is 1. The molecule has 23 heavy (non-hydrogen) atoms. The van der Waals surface area contributed by atoms with Gasteiger partial charge >= 0.3 is 10.1 Å². The third-order valence-corrected chi connectivity index (χ3v) is 4.36. The van der Waals surface area contributed by atoms with Crippen LogP contribution in [0.4, 0.5) is 5.69 Å². The number of benzene rings is 2. The van der Waals surface area contributed by atoms with Crippen LogP contribution >= 0.6 is 11.6 Å². The first-order chi connectivity index (χ1) is 10.7. The minimum Gasteiger partial charge on any atom is -0.379 e. The van der Waals surface area contributed by atoms with Crippen LogP contribution in [0.25, 0.3) is 0 Å². The Morgan fingerprint density at radius 3 is 2.52 bits per heavy atom. The number of hydrogen-bond acceptors (Lipinski definition) is 6. The average Bonchev–Trinajstić information content (AvgIpc) is 2.46. The van der Waals surface area contributed by atoms with E-state index in [9.17, 15) is 23.3 Å². The van der Waals surface area contributed by atoms with E-state index in [1.807, 2.05) is 0 Å². The quantitative estimate of drug-likeness (QED) is 0.353. The summed E-state index contributed by atoms with van der Waals surface area (Å²) in [6.07, 6.45) is 0. The molecule has 0 aliphatic heterocycles. The Balaban J connectivity index is 2.46. The molecule has 0 aliphatic carbocycles. The van der Waals surface area contributed by atoms with Crippen LogP contribution in [-0.2, 0) is 10.1 Å². The van der Waals surface area contributed by atoms with Gasteiger partial charge in [-0.25, -0.2) is 0 Å². The van der Waals surface area contributed by atoms with Crippen LogP contribution < -0.4 is 4.18 Å². The summed E-state index contributed by atoms with van der Waals surface area (Å²) in [6.45, 7) is 1.32. The largest absolute Gasteiger partial charge is 0.379 e. The van der Waals surface area contributed by atoms with E-state index in [0.29, 0.717) is 0 Å². The standard InChI is InChI=1S/C14H10ClNO6S/c1-9(17)10-3-2-4-12(7-10)22-23(20,21)14-6-5-11(15)8-13(14)16(18)19/h2-8H,1H3. The first kappa shape index (κ1) is 16.9. The molecular formula is C14H10ClNO6S. The molecule has 0 amide bonds. The maximum absolute atomic E-state index is 12.3. The van der Waals surface area contributed by atoms with Gasteiger partial charge in [-0.15, -0.1) is 0 Å². The molecule has 0 bridgehead atoms. The van der Waals surface area contributed by atoms with Crippen LogP contribution in [0, 0.1) is 10.1 Å². The minimum atomic E-state index is -4.46. The normalized spacial score (nSPS) is 11.0.